The summed E-state index contributed by atoms with van der Waals surface area (Å²) in [5, 5.41) is 16.6. The van der Waals surface area contributed by atoms with Gasteiger partial charge in [0.15, 0.2) is 10.8 Å². The molecule has 0 saturated carbocycles. The summed E-state index contributed by atoms with van der Waals surface area (Å²) in [5.74, 6) is 2.38. The molecule has 0 bridgehead atoms. The predicted octanol–water partition coefficient (Wildman–Crippen LogP) is 3.87. The van der Waals surface area contributed by atoms with Crippen LogP contribution in [0.4, 0.5) is 0 Å². The SMILES string of the molecule is CC(C)CC1CC(c2nnc3sc(COc4cccc5ccccc45)nn23)NN1. The average molecular weight is 409 g/mol. The van der Waals surface area contributed by atoms with Crippen molar-refractivity contribution in [1.82, 2.24) is 30.7 Å². The first-order valence-corrected chi connectivity index (χ1v) is 10.8. The van der Waals surface area contributed by atoms with Gasteiger partial charge >= 0.3 is 0 Å². The van der Waals surface area contributed by atoms with E-state index in [1.54, 1.807) is 0 Å². The van der Waals surface area contributed by atoms with Crippen LogP contribution in [-0.4, -0.2) is 25.9 Å². The quantitative estimate of drug-likeness (QED) is 0.504. The molecule has 2 atom stereocenters. The van der Waals surface area contributed by atoms with Gasteiger partial charge in [-0.2, -0.15) is 9.61 Å². The minimum atomic E-state index is 0.114. The molecule has 7 nitrogen and oxygen atoms in total. The Bertz CT molecular complexity index is 1130. The van der Waals surface area contributed by atoms with Gasteiger partial charge in [-0.15, -0.1) is 10.2 Å². The van der Waals surface area contributed by atoms with Crippen molar-refractivity contribution in [1.29, 1.82) is 0 Å². The third-order valence-electron chi connectivity index (χ3n) is 5.21. The van der Waals surface area contributed by atoms with Gasteiger partial charge in [-0.05, 0) is 30.2 Å². The van der Waals surface area contributed by atoms with Gasteiger partial charge in [0.2, 0.25) is 4.96 Å². The highest BCUT2D eigenvalue weighted by Crippen LogP contribution is 2.28. The van der Waals surface area contributed by atoms with Crippen molar-refractivity contribution in [2.45, 2.75) is 45.4 Å². The number of fused-ring (bicyclic) bond motifs is 2. The standard InChI is InChI=1S/C21H24N6OS/c1-13(2)10-15-11-17(23-22-15)20-24-25-21-27(20)26-19(29-21)12-28-18-9-5-7-14-6-3-4-8-16(14)18/h3-9,13,15,17,22-23H,10-12H2,1-2H3. The first kappa shape index (κ1) is 18.5. The number of benzene rings is 2. The van der Waals surface area contributed by atoms with Crippen molar-refractivity contribution >= 4 is 27.1 Å². The van der Waals surface area contributed by atoms with Crippen LogP contribution in [0, 0.1) is 5.92 Å². The zero-order valence-corrected chi connectivity index (χ0v) is 17.3. The molecule has 1 aliphatic heterocycles. The topological polar surface area (TPSA) is 76.4 Å². The lowest BCUT2D eigenvalue weighted by atomic mass is 10.00. The lowest BCUT2D eigenvalue weighted by Crippen LogP contribution is -2.32. The van der Waals surface area contributed by atoms with Crippen LogP contribution in [0.3, 0.4) is 0 Å². The summed E-state index contributed by atoms with van der Waals surface area (Å²) in [7, 11) is 0. The van der Waals surface area contributed by atoms with E-state index in [4.69, 9.17) is 9.84 Å². The molecule has 2 aromatic carbocycles. The number of hydrogen-bond acceptors (Lipinski definition) is 7. The molecular weight excluding hydrogens is 384 g/mol. The molecule has 29 heavy (non-hydrogen) atoms. The van der Waals surface area contributed by atoms with E-state index in [1.165, 1.54) is 16.7 Å². The summed E-state index contributed by atoms with van der Waals surface area (Å²) >= 11 is 1.52. The fourth-order valence-electron chi connectivity index (χ4n) is 3.92. The van der Waals surface area contributed by atoms with Gasteiger partial charge in [0.25, 0.3) is 0 Å². The molecule has 0 aliphatic carbocycles. The summed E-state index contributed by atoms with van der Waals surface area (Å²) in [4.78, 5) is 0.797. The smallest absolute Gasteiger partial charge is 0.234 e. The highest BCUT2D eigenvalue weighted by molar-refractivity contribution is 7.16. The summed E-state index contributed by atoms with van der Waals surface area (Å²) < 4.78 is 7.94. The lowest BCUT2D eigenvalue weighted by molar-refractivity contribution is 0.307. The second-order valence-corrected chi connectivity index (χ2v) is 8.96. The van der Waals surface area contributed by atoms with Crippen molar-refractivity contribution < 1.29 is 4.74 Å². The molecule has 8 heteroatoms. The lowest BCUT2D eigenvalue weighted by Gasteiger charge is -2.11. The van der Waals surface area contributed by atoms with Crippen LogP contribution >= 0.6 is 11.3 Å². The number of nitrogens with zero attached hydrogens (tertiary/aromatic N) is 4. The van der Waals surface area contributed by atoms with Gasteiger partial charge in [0, 0.05) is 11.4 Å². The van der Waals surface area contributed by atoms with Gasteiger partial charge in [-0.25, -0.2) is 5.43 Å². The van der Waals surface area contributed by atoms with Crippen LogP contribution < -0.4 is 15.6 Å². The molecule has 2 aromatic heterocycles. The number of hydrazine groups is 1. The van der Waals surface area contributed by atoms with Crippen LogP contribution in [0.15, 0.2) is 42.5 Å². The number of nitrogens with one attached hydrogen (secondary N) is 2. The predicted molar refractivity (Wildman–Crippen MR) is 114 cm³/mol. The molecule has 150 valence electrons. The third kappa shape index (κ3) is 3.71. The molecule has 2 unspecified atom stereocenters. The summed E-state index contributed by atoms with van der Waals surface area (Å²) in [6, 6.07) is 14.9. The van der Waals surface area contributed by atoms with Crippen LogP contribution in [0.2, 0.25) is 0 Å². The highest BCUT2D eigenvalue weighted by atomic mass is 32.1. The number of rotatable bonds is 6. The van der Waals surface area contributed by atoms with Gasteiger partial charge in [-0.1, -0.05) is 61.6 Å². The first-order chi connectivity index (χ1) is 14.2. The van der Waals surface area contributed by atoms with Crippen LogP contribution in [0.1, 0.15) is 43.6 Å². The number of aromatic nitrogens is 4. The Morgan fingerprint density at radius 3 is 2.90 bits per heavy atom. The van der Waals surface area contributed by atoms with E-state index >= 15 is 0 Å². The van der Waals surface area contributed by atoms with Crippen molar-refractivity contribution in [3.63, 3.8) is 0 Å². The maximum absolute atomic E-state index is 6.09. The molecule has 1 aliphatic rings. The Balaban J connectivity index is 1.32. The number of hydrogen-bond donors (Lipinski definition) is 2. The zero-order chi connectivity index (χ0) is 19.8. The van der Waals surface area contributed by atoms with E-state index < -0.39 is 0 Å². The molecule has 1 fully saturated rings. The zero-order valence-electron chi connectivity index (χ0n) is 16.5. The maximum Gasteiger partial charge on any atom is 0.234 e. The molecule has 5 rings (SSSR count). The minimum absolute atomic E-state index is 0.114. The van der Waals surface area contributed by atoms with Crippen LogP contribution in [0.5, 0.6) is 5.75 Å². The summed E-state index contributed by atoms with van der Waals surface area (Å²) in [5.41, 5.74) is 6.74. The van der Waals surface area contributed by atoms with Gasteiger partial charge < -0.3 is 4.74 Å². The fraction of sp³-hybridized carbons (Fsp3) is 0.381. The van der Waals surface area contributed by atoms with E-state index in [1.807, 2.05) is 28.8 Å². The van der Waals surface area contributed by atoms with Gasteiger partial charge in [0.05, 0.1) is 6.04 Å². The van der Waals surface area contributed by atoms with E-state index in [0.29, 0.717) is 18.6 Å². The third-order valence-corrected chi connectivity index (χ3v) is 6.08. The van der Waals surface area contributed by atoms with E-state index in [-0.39, 0.29) is 6.04 Å². The molecule has 4 aromatic rings. The monoisotopic (exact) mass is 408 g/mol. The molecular formula is C21H24N6OS. The largest absolute Gasteiger partial charge is 0.486 e. The Morgan fingerprint density at radius 2 is 2.00 bits per heavy atom. The molecule has 2 N–H and O–H groups in total. The van der Waals surface area contributed by atoms with Crippen LogP contribution in [0.25, 0.3) is 15.7 Å². The Kier molecular flexibility index (Phi) is 4.91. The van der Waals surface area contributed by atoms with E-state index in [0.717, 1.165) is 39.8 Å². The molecule has 3 heterocycles. The van der Waals surface area contributed by atoms with E-state index in [2.05, 4.69) is 53.1 Å². The second-order valence-electron chi connectivity index (χ2n) is 7.92. The Hall–Kier alpha value is -2.55. The Labute approximate surface area is 173 Å². The first-order valence-electron chi connectivity index (χ1n) is 10.00. The van der Waals surface area contributed by atoms with Crippen molar-refractivity contribution in [3.8, 4) is 5.75 Å². The van der Waals surface area contributed by atoms with E-state index in [9.17, 15) is 0 Å². The molecule has 1 saturated heterocycles. The minimum Gasteiger partial charge on any atom is -0.486 e. The second kappa shape index (κ2) is 7.70. The molecule has 0 radical (unpaired) electrons. The summed E-state index contributed by atoms with van der Waals surface area (Å²) in [6.07, 6.45) is 2.12. The maximum atomic E-state index is 6.09. The Morgan fingerprint density at radius 1 is 1.14 bits per heavy atom. The molecule has 0 amide bonds. The average Bonchev–Trinajstić information content (AvgIpc) is 3.41. The van der Waals surface area contributed by atoms with Crippen molar-refractivity contribution in [3.05, 3.63) is 53.3 Å². The van der Waals surface area contributed by atoms with Crippen LogP contribution in [-0.2, 0) is 6.61 Å². The van der Waals surface area contributed by atoms with Gasteiger partial charge in [0.1, 0.15) is 12.4 Å². The van der Waals surface area contributed by atoms with Gasteiger partial charge in [-0.3, -0.25) is 5.43 Å². The number of ether oxygens (including phenoxy) is 1. The summed E-state index contributed by atoms with van der Waals surface area (Å²) in [6.45, 7) is 4.90. The van der Waals surface area contributed by atoms with Crippen molar-refractivity contribution in [2.24, 2.45) is 5.92 Å². The highest BCUT2D eigenvalue weighted by Gasteiger charge is 2.30. The molecule has 0 spiro atoms. The van der Waals surface area contributed by atoms with Crippen molar-refractivity contribution in [2.75, 3.05) is 0 Å². The fourth-order valence-corrected chi connectivity index (χ4v) is 4.68. The normalized spacial score (nSPS) is 19.6.